The van der Waals surface area contributed by atoms with Gasteiger partial charge in [-0.25, -0.2) is 4.68 Å². The van der Waals surface area contributed by atoms with Crippen LogP contribution in [0.4, 0.5) is 13.2 Å². The van der Waals surface area contributed by atoms with Gasteiger partial charge in [0, 0.05) is 23.5 Å². The van der Waals surface area contributed by atoms with Crippen LogP contribution < -0.4 is 10.9 Å². The van der Waals surface area contributed by atoms with Crippen LogP contribution in [-0.4, -0.2) is 26.8 Å². The van der Waals surface area contributed by atoms with Crippen molar-refractivity contribution in [3.05, 3.63) is 107 Å². The van der Waals surface area contributed by atoms with Gasteiger partial charge in [0.05, 0.1) is 34.8 Å². The average Bonchev–Trinajstić information content (AvgIpc) is 3.37. The number of carbonyl (C=O) groups excluding carboxylic acids is 1. The predicted octanol–water partition coefficient (Wildman–Crippen LogP) is 4.84. The van der Waals surface area contributed by atoms with E-state index in [4.69, 9.17) is 5.26 Å². The molecular formula is C27H21F3N5O2. The SMILES string of the molecule is [CH2]CCNC(=O)c1cc(-c2ccnn2-c2ccc(C#N)cc2)c(C)n(-c2cccc(C(F)(F)F)c2)c1=O. The van der Waals surface area contributed by atoms with Crippen LogP contribution in [0.25, 0.3) is 22.6 Å². The fourth-order valence-corrected chi connectivity index (χ4v) is 3.95. The molecule has 0 bridgehead atoms. The van der Waals surface area contributed by atoms with Crippen molar-refractivity contribution in [2.75, 3.05) is 6.54 Å². The first-order valence-corrected chi connectivity index (χ1v) is 11.2. The number of hydrogen-bond acceptors (Lipinski definition) is 4. The topological polar surface area (TPSA) is 92.7 Å². The van der Waals surface area contributed by atoms with Gasteiger partial charge in [-0.1, -0.05) is 13.0 Å². The van der Waals surface area contributed by atoms with Crippen molar-refractivity contribution in [2.45, 2.75) is 19.5 Å². The molecule has 7 nitrogen and oxygen atoms in total. The van der Waals surface area contributed by atoms with E-state index in [0.29, 0.717) is 34.6 Å². The highest BCUT2D eigenvalue weighted by molar-refractivity contribution is 5.95. The van der Waals surface area contributed by atoms with Crippen LogP contribution >= 0.6 is 0 Å². The van der Waals surface area contributed by atoms with Crippen molar-refractivity contribution in [1.29, 1.82) is 5.26 Å². The summed E-state index contributed by atoms with van der Waals surface area (Å²) in [5.41, 5.74) is 0.336. The number of benzene rings is 2. The zero-order valence-electron chi connectivity index (χ0n) is 19.7. The van der Waals surface area contributed by atoms with E-state index in [2.05, 4.69) is 17.3 Å². The lowest BCUT2D eigenvalue weighted by molar-refractivity contribution is -0.137. The molecule has 0 spiro atoms. The number of hydrogen-bond donors (Lipinski definition) is 1. The number of alkyl halides is 3. The normalized spacial score (nSPS) is 11.2. The molecule has 0 saturated heterocycles. The summed E-state index contributed by atoms with van der Waals surface area (Å²) in [6.07, 6.45) is -2.71. The largest absolute Gasteiger partial charge is 0.416 e. The van der Waals surface area contributed by atoms with E-state index in [-0.39, 0.29) is 17.8 Å². The number of nitriles is 1. The molecule has 0 fully saturated rings. The van der Waals surface area contributed by atoms with E-state index in [9.17, 15) is 22.8 Å². The molecule has 1 N–H and O–H groups in total. The van der Waals surface area contributed by atoms with Crippen LogP contribution in [0.5, 0.6) is 0 Å². The Bertz CT molecular complexity index is 1560. The number of aromatic nitrogens is 3. The molecule has 1 radical (unpaired) electrons. The van der Waals surface area contributed by atoms with Crippen LogP contribution in [0.3, 0.4) is 0 Å². The number of amides is 1. The van der Waals surface area contributed by atoms with Gasteiger partial charge in [-0.15, -0.1) is 0 Å². The maximum Gasteiger partial charge on any atom is 0.416 e. The van der Waals surface area contributed by atoms with Gasteiger partial charge in [0.1, 0.15) is 5.56 Å². The van der Waals surface area contributed by atoms with Crippen LogP contribution in [0, 0.1) is 25.2 Å². The van der Waals surface area contributed by atoms with Gasteiger partial charge in [0.25, 0.3) is 11.5 Å². The molecule has 0 atom stereocenters. The van der Waals surface area contributed by atoms with Crippen LogP contribution in [-0.2, 0) is 6.18 Å². The average molecular weight is 504 g/mol. The fraction of sp³-hybridized carbons (Fsp3) is 0.148. The zero-order valence-corrected chi connectivity index (χ0v) is 19.7. The molecule has 187 valence electrons. The highest BCUT2D eigenvalue weighted by Gasteiger charge is 2.31. The van der Waals surface area contributed by atoms with E-state index < -0.39 is 23.2 Å². The molecule has 0 saturated carbocycles. The lowest BCUT2D eigenvalue weighted by Gasteiger charge is -2.18. The van der Waals surface area contributed by atoms with Crippen LogP contribution in [0.1, 0.15) is 33.6 Å². The minimum atomic E-state index is -4.62. The Morgan fingerprint density at radius 1 is 1.11 bits per heavy atom. The summed E-state index contributed by atoms with van der Waals surface area (Å²) < 4.78 is 43.0. The monoisotopic (exact) mass is 504 g/mol. The number of pyridine rings is 1. The predicted molar refractivity (Wildman–Crippen MR) is 131 cm³/mol. The Balaban J connectivity index is 1.97. The standard InChI is InChI=1S/C27H21F3N5O2/c1-3-12-32-25(36)23-15-22(24-11-13-33-35(24)20-9-7-18(16-31)8-10-20)17(2)34(26(23)37)21-6-4-5-19(14-21)27(28,29)30/h4-11,13-15H,1,3,12H2,2H3,(H,32,36). The fourth-order valence-electron chi connectivity index (χ4n) is 3.95. The lowest BCUT2D eigenvalue weighted by Crippen LogP contribution is -2.34. The third kappa shape index (κ3) is 5.02. The Kier molecular flexibility index (Phi) is 6.98. The summed E-state index contributed by atoms with van der Waals surface area (Å²) >= 11 is 0. The maximum atomic E-state index is 13.5. The summed E-state index contributed by atoms with van der Waals surface area (Å²) in [4.78, 5) is 26.4. The van der Waals surface area contributed by atoms with E-state index in [0.717, 1.165) is 16.7 Å². The number of nitrogens with one attached hydrogen (secondary N) is 1. The Morgan fingerprint density at radius 3 is 2.49 bits per heavy atom. The summed E-state index contributed by atoms with van der Waals surface area (Å²) in [5, 5.41) is 16.0. The third-order valence-corrected chi connectivity index (χ3v) is 5.75. The van der Waals surface area contributed by atoms with Crippen molar-refractivity contribution in [1.82, 2.24) is 19.7 Å². The van der Waals surface area contributed by atoms with Crippen molar-refractivity contribution in [3.8, 4) is 28.7 Å². The summed E-state index contributed by atoms with van der Waals surface area (Å²) in [6.45, 7) is 5.47. The maximum absolute atomic E-state index is 13.5. The molecule has 2 heterocycles. The van der Waals surface area contributed by atoms with E-state index in [1.165, 1.54) is 24.4 Å². The summed E-state index contributed by atoms with van der Waals surface area (Å²) in [5.74, 6) is -0.667. The molecule has 1 amide bonds. The molecular weight excluding hydrogens is 483 g/mol. The number of carbonyl (C=O) groups is 1. The molecule has 10 heteroatoms. The van der Waals surface area contributed by atoms with Crippen molar-refractivity contribution >= 4 is 5.91 Å². The van der Waals surface area contributed by atoms with Gasteiger partial charge in [-0.2, -0.15) is 23.5 Å². The minimum Gasteiger partial charge on any atom is -0.352 e. The van der Waals surface area contributed by atoms with E-state index in [1.807, 2.05) is 6.07 Å². The van der Waals surface area contributed by atoms with Crippen LogP contribution in [0.2, 0.25) is 0 Å². The van der Waals surface area contributed by atoms with Gasteiger partial charge >= 0.3 is 6.18 Å². The quantitative estimate of drug-likeness (QED) is 0.407. The van der Waals surface area contributed by atoms with E-state index in [1.54, 1.807) is 41.9 Å². The second-order valence-corrected chi connectivity index (χ2v) is 8.14. The number of nitrogens with zero attached hydrogens (tertiary/aromatic N) is 4. The Labute approximate surface area is 210 Å². The molecule has 0 aliphatic heterocycles. The zero-order chi connectivity index (χ0) is 26.7. The lowest BCUT2D eigenvalue weighted by atomic mass is 10.0. The van der Waals surface area contributed by atoms with Crippen molar-refractivity contribution in [3.63, 3.8) is 0 Å². The minimum absolute atomic E-state index is 0.0326. The second-order valence-electron chi connectivity index (χ2n) is 8.14. The smallest absolute Gasteiger partial charge is 0.352 e. The van der Waals surface area contributed by atoms with Crippen LogP contribution in [0.15, 0.2) is 71.7 Å². The molecule has 0 aliphatic carbocycles. The molecule has 37 heavy (non-hydrogen) atoms. The molecule has 0 aliphatic rings. The highest BCUT2D eigenvalue weighted by atomic mass is 19.4. The molecule has 0 unspecified atom stereocenters. The molecule has 4 rings (SSSR count). The first-order chi connectivity index (χ1) is 17.7. The Morgan fingerprint density at radius 2 is 1.84 bits per heavy atom. The number of halogens is 3. The number of rotatable bonds is 6. The summed E-state index contributed by atoms with van der Waals surface area (Å²) in [7, 11) is 0. The second kappa shape index (κ2) is 10.1. The van der Waals surface area contributed by atoms with Gasteiger partial charge in [-0.3, -0.25) is 14.2 Å². The molecule has 2 aromatic heterocycles. The van der Waals surface area contributed by atoms with Gasteiger partial charge < -0.3 is 5.32 Å². The molecule has 4 aromatic rings. The third-order valence-electron chi connectivity index (χ3n) is 5.75. The Hall–Kier alpha value is -4.65. The first kappa shape index (κ1) is 25.4. The van der Waals surface area contributed by atoms with Gasteiger partial charge in [0.2, 0.25) is 0 Å². The van der Waals surface area contributed by atoms with Crippen molar-refractivity contribution in [2.24, 2.45) is 0 Å². The highest BCUT2D eigenvalue weighted by Crippen LogP contribution is 2.32. The first-order valence-electron chi connectivity index (χ1n) is 11.2. The van der Waals surface area contributed by atoms with Gasteiger partial charge in [0.15, 0.2) is 0 Å². The summed E-state index contributed by atoms with van der Waals surface area (Å²) in [6, 6.07) is 16.1. The van der Waals surface area contributed by atoms with E-state index >= 15 is 0 Å². The van der Waals surface area contributed by atoms with Crippen molar-refractivity contribution < 1.29 is 18.0 Å². The van der Waals surface area contributed by atoms with Gasteiger partial charge in [-0.05, 0) is 67.9 Å². The molecule has 2 aromatic carbocycles.